The highest BCUT2D eigenvalue weighted by atomic mass is 16.6. The van der Waals surface area contributed by atoms with E-state index >= 15 is 0 Å². The molecule has 3 heteroatoms. The number of hydrogen-bond acceptors (Lipinski definition) is 3. The third-order valence-corrected chi connectivity index (χ3v) is 2.32. The van der Waals surface area contributed by atoms with Crippen LogP contribution in [0.4, 0.5) is 0 Å². The number of hydrogen-bond donors (Lipinski definition) is 1. The van der Waals surface area contributed by atoms with E-state index in [1.165, 1.54) is 0 Å². The third-order valence-electron chi connectivity index (χ3n) is 2.32. The molecule has 0 saturated heterocycles. The van der Waals surface area contributed by atoms with E-state index in [1.54, 1.807) is 0 Å². The Morgan fingerprint density at radius 2 is 2.07 bits per heavy atom. The molecule has 0 radical (unpaired) electrons. The minimum absolute atomic E-state index is 0.113. The molecule has 15 heavy (non-hydrogen) atoms. The molecule has 0 spiro atoms. The number of benzene rings is 1. The first-order valence-electron chi connectivity index (χ1n) is 5.37. The van der Waals surface area contributed by atoms with Gasteiger partial charge in [0.05, 0.1) is 0 Å². The Hall–Kier alpha value is -1.22. The average Bonchev–Trinajstić information content (AvgIpc) is 2.26. The van der Waals surface area contributed by atoms with E-state index in [0.717, 1.165) is 18.0 Å². The monoisotopic (exact) mass is 207 g/mol. The molecule has 2 rings (SSSR count). The SMILES string of the molecule is CC(C)NC[C@@H]1COc2ccccc2O1. The molecule has 0 unspecified atom stereocenters. The summed E-state index contributed by atoms with van der Waals surface area (Å²) in [6, 6.07) is 8.26. The van der Waals surface area contributed by atoms with Gasteiger partial charge in [-0.25, -0.2) is 0 Å². The van der Waals surface area contributed by atoms with Crippen LogP contribution in [0.25, 0.3) is 0 Å². The normalized spacial score (nSPS) is 19.3. The molecule has 0 amide bonds. The molecular formula is C12H17NO2. The van der Waals surface area contributed by atoms with Gasteiger partial charge in [-0.15, -0.1) is 0 Å². The fourth-order valence-electron chi connectivity index (χ4n) is 1.53. The van der Waals surface area contributed by atoms with E-state index < -0.39 is 0 Å². The van der Waals surface area contributed by atoms with Crippen LogP contribution in [-0.2, 0) is 0 Å². The number of para-hydroxylation sites is 2. The first kappa shape index (κ1) is 10.3. The highest BCUT2D eigenvalue weighted by Gasteiger charge is 2.19. The quantitative estimate of drug-likeness (QED) is 0.820. The van der Waals surface area contributed by atoms with Gasteiger partial charge in [-0.1, -0.05) is 26.0 Å². The predicted octanol–water partition coefficient (Wildman–Crippen LogP) is 1.82. The van der Waals surface area contributed by atoms with Crippen LogP contribution in [0.5, 0.6) is 11.5 Å². The van der Waals surface area contributed by atoms with Crippen LogP contribution < -0.4 is 14.8 Å². The van der Waals surface area contributed by atoms with Crippen LogP contribution in [0.3, 0.4) is 0 Å². The van der Waals surface area contributed by atoms with Gasteiger partial charge in [-0.2, -0.15) is 0 Å². The van der Waals surface area contributed by atoms with Crippen molar-refractivity contribution in [2.24, 2.45) is 0 Å². The highest BCUT2D eigenvalue weighted by Crippen LogP contribution is 2.30. The first-order valence-corrected chi connectivity index (χ1v) is 5.37. The summed E-state index contributed by atoms with van der Waals surface area (Å²) in [6.45, 7) is 5.69. The molecular weight excluding hydrogens is 190 g/mol. The molecule has 1 atom stereocenters. The Labute approximate surface area is 90.4 Å². The molecule has 1 N–H and O–H groups in total. The smallest absolute Gasteiger partial charge is 0.161 e. The van der Waals surface area contributed by atoms with Gasteiger partial charge >= 0.3 is 0 Å². The van der Waals surface area contributed by atoms with Crippen molar-refractivity contribution in [3.63, 3.8) is 0 Å². The van der Waals surface area contributed by atoms with Crippen LogP contribution in [0, 0.1) is 0 Å². The molecule has 82 valence electrons. The molecule has 0 aromatic heterocycles. The van der Waals surface area contributed by atoms with Gasteiger partial charge < -0.3 is 14.8 Å². The Kier molecular flexibility index (Phi) is 3.11. The number of ether oxygens (including phenoxy) is 2. The summed E-state index contributed by atoms with van der Waals surface area (Å²) in [5.41, 5.74) is 0. The van der Waals surface area contributed by atoms with Crippen LogP contribution >= 0.6 is 0 Å². The molecule has 1 heterocycles. The van der Waals surface area contributed by atoms with Gasteiger partial charge in [-0.05, 0) is 12.1 Å². The fraction of sp³-hybridized carbons (Fsp3) is 0.500. The second-order valence-electron chi connectivity index (χ2n) is 4.06. The number of nitrogens with one attached hydrogen (secondary N) is 1. The molecule has 0 saturated carbocycles. The van der Waals surface area contributed by atoms with E-state index in [4.69, 9.17) is 9.47 Å². The van der Waals surface area contributed by atoms with Crippen molar-refractivity contribution in [2.75, 3.05) is 13.2 Å². The van der Waals surface area contributed by atoms with Crippen molar-refractivity contribution in [3.05, 3.63) is 24.3 Å². The van der Waals surface area contributed by atoms with E-state index in [0.29, 0.717) is 12.6 Å². The van der Waals surface area contributed by atoms with Crippen molar-refractivity contribution in [1.82, 2.24) is 5.32 Å². The zero-order valence-electron chi connectivity index (χ0n) is 9.19. The topological polar surface area (TPSA) is 30.5 Å². The molecule has 0 aliphatic carbocycles. The fourth-order valence-corrected chi connectivity index (χ4v) is 1.53. The molecule has 1 aliphatic rings. The molecule has 1 aliphatic heterocycles. The summed E-state index contributed by atoms with van der Waals surface area (Å²) in [4.78, 5) is 0. The Bertz CT molecular complexity index is 325. The number of rotatable bonds is 3. The van der Waals surface area contributed by atoms with Gasteiger partial charge in [0.2, 0.25) is 0 Å². The van der Waals surface area contributed by atoms with Gasteiger partial charge in [0, 0.05) is 12.6 Å². The van der Waals surface area contributed by atoms with Crippen LogP contribution in [0.2, 0.25) is 0 Å². The first-order chi connectivity index (χ1) is 7.25. The Morgan fingerprint density at radius 3 is 2.80 bits per heavy atom. The van der Waals surface area contributed by atoms with Gasteiger partial charge in [0.25, 0.3) is 0 Å². The maximum absolute atomic E-state index is 5.79. The summed E-state index contributed by atoms with van der Waals surface area (Å²) in [7, 11) is 0. The van der Waals surface area contributed by atoms with Crippen molar-refractivity contribution < 1.29 is 9.47 Å². The zero-order valence-corrected chi connectivity index (χ0v) is 9.19. The summed E-state index contributed by atoms with van der Waals surface area (Å²) < 4.78 is 11.4. The lowest BCUT2D eigenvalue weighted by molar-refractivity contribution is 0.0890. The maximum Gasteiger partial charge on any atom is 0.161 e. The zero-order chi connectivity index (χ0) is 10.7. The lowest BCUT2D eigenvalue weighted by Gasteiger charge is -2.27. The lowest BCUT2D eigenvalue weighted by atomic mass is 10.2. The molecule has 3 nitrogen and oxygen atoms in total. The summed E-state index contributed by atoms with van der Waals surface area (Å²) in [5, 5.41) is 3.34. The van der Waals surface area contributed by atoms with Crippen LogP contribution in [0.1, 0.15) is 13.8 Å². The second kappa shape index (κ2) is 4.53. The van der Waals surface area contributed by atoms with Crippen molar-refractivity contribution in [1.29, 1.82) is 0 Å². The number of fused-ring (bicyclic) bond motifs is 1. The Morgan fingerprint density at radius 1 is 1.33 bits per heavy atom. The lowest BCUT2D eigenvalue weighted by Crippen LogP contribution is -2.40. The van der Waals surface area contributed by atoms with E-state index in [9.17, 15) is 0 Å². The predicted molar refractivity (Wildman–Crippen MR) is 59.5 cm³/mol. The second-order valence-corrected chi connectivity index (χ2v) is 4.06. The van der Waals surface area contributed by atoms with Crippen molar-refractivity contribution in [2.45, 2.75) is 26.0 Å². The summed E-state index contributed by atoms with van der Waals surface area (Å²) in [6.07, 6.45) is 0.113. The van der Waals surface area contributed by atoms with Crippen molar-refractivity contribution >= 4 is 0 Å². The highest BCUT2D eigenvalue weighted by molar-refractivity contribution is 5.40. The molecule has 0 fully saturated rings. The van der Waals surface area contributed by atoms with Crippen LogP contribution in [-0.4, -0.2) is 25.3 Å². The van der Waals surface area contributed by atoms with Gasteiger partial charge in [0.1, 0.15) is 12.7 Å². The minimum Gasteiger partial charge on any atom is -0.486 e. The minimum atomic E-state index is 0.113. The van der Waals surface area contributed by atoms with E-state index in [2.05, 4.69) is 19.2 Å². The largest absolute Gasteiger partial charge is 0.486 e. The van der Waals surface area contributed by atoms with Crippen LogP contribution in [0.15, 0.2) is 24.3 Å². The third kappa shape index (κ3) is 2.63. The average molecular weight is 207 g/mol. The van der Waals surface area contributed by atoms with Gasteiger partial charge in [0.15, 0.2) is 11.5 Å². The molecule has 1 aromatic rings. The van der Waals surface area contributed by atoms with Gasteiger partial charge in [-0.3, -0.25) is 0 Å². The summed E-state index contributed by atoms with van der Waals surface area (Å²) in [5.74, 6) is 1.69. The van der Waals surface area contributed by atoms with Crippen molar-refractivity contribution in [3.8, 4) is 11.5 Å². The van der Waals surface area contributed by atoms with E-state index in [1.807, 2.05) is 24.3 Å². The van der Waals surface area contributed by atoms with E-state index in [-0.39, 0.29) is 6.10 Å². The molecule has 0 bridgehead atoms. The standard InChI is InChI=1S/C12H17NO2/c1-9(2)13-7-10-8-14-11-5-3-4-6-12(11)15-10/h3-6,9-10,13H,7-8H2,1-2H3/t10-/m1/s1. The summed E-state index contributed by atoms with van der Waals surface area (Å²) >= 11 is 0. The Balaban J connectivity index is 1.94. The molecule has 1 aromatic carbocycles. The maximum atomic E-state index is 5.79.